The van der Waals surface area contributed by atoms with Gasteiger partial charge in [-0.25, -0.2) is 9.67 Å². The van der Waals surface area contributed by atoms with E-state index in [0.717, 1.165) is 42.2 Å². The molecule has 3 aromatic heterocycles. The summed E-state index contributed by atoms with van der Waals surface area (Å²) in [5, 5.41) is 19.2. The van der Waals surface area contributed by atoms with Gasteiger partial charge in [0.05, 0.1) is 0 Å². The fourth-order valence-corrected chi connectivity index (χ4v) is 4.51. The van der Waals surface area contributed by atoms with Crippen molar-refractivity contribution in [3.63, 3.8) is 0 Å². The van der Waals surface area contributed by atoms with Crippen molar-refractivity contribution in [1.82, 2.24) is 40.4 Å². The highest BCUT2D eigenvalue weighted by atomic mass is 15.5. The molecule has 1 saturated carbocycles. The van der Waals surface area contributed by atoms with Gasteiger partial charge in [0.1, 0.15) is 11.5 Å². The molecule has 0 saturated heterocycles. The minimum Gasteiger partial charge on any atom is -0.252 e. The Hall–Kier alpha value is -3.42. The molecule has 1 fully saturated rings. The number of tetrazole rings is 1. The van der Waals surface area contributed by atoms with Crippen LogP contribution in [-0.2, 0) is 13.0 Å². The Labute approximate surface area is 187 Å². The molecule has 0 aliphatic heterocycles. The predicted molar refractivity (Wildman–Crippen MR) is 122 cm³/mol. The van der Waals surface area contributed by atoms with E-state index in [0.29, 0.717) is 17.4 Å². The van der Waals surface area contributed by atoms with Gasteiger partial charge in [-0.2, -0.15) is 10.3 Å². The van der Waals surface area contributed by atoms with Crippen LogP contribution in [0, 0.1) is 0 Å². The highest BCUT2D eigenvalue weighted by molar-refractivity contribution is 5.77. The summed E-state index contributed by atoms with van der Waals surface area (Å²) in [5.41, 5.74) is 3.99. The number of aromatic nitrogens is 8. The number of hydrogen-bond acceptors (Lipinski definition) is 6. The summed E-state index contributed by atoms with van der Waals surface area (Å²) < 4.78 is 2.12. The lowest BCUT2D eigenvalue weighted by molar-refractivity contribution is 0.425. The van der Waals surface area contributed by atoms with Crippen molar-refractivity contribution in [1.29, 1.82) is 0 Å². The van der Waals surface area contributed by atoms with Crippen LogP contribution in [0.25, 0.3) is 22.6 Å². The average Bonchev–Trinajstić information content (AvgIpc) is 3.51. The van der Waals surface area contributed by atoms with Crippen molar-refractivity contribution in [2.75, 3.05) is 0 Å². The van der Waals surface area contributed by atoms with Crippen molar-refractivity contribution in [2.24, 2.45) is 0 Å². The van der Waals surface area contributed by atoms with Crippen LogP contribution in [0.1, 0.15) is 68.6 Å². The zero-order chi connectivity index (χ0) is 21.8. The Kier molecular flexibility index (Phi) is 6.00. The number of nitrogens with zero attached hydrogens (tertiary/aromatic N) is 7. The highest BCUT2D eigenvalue weighted by Gasteiger charge is 2.21. The topological polar surface area (TPSA) is 98.1 Å². The van der Waals surface area contributed by atoms with E-state index in [1.807, 2.05) is 12.1 Å². The third-order valence-electron chi connectivity index (χ3n) is 6.16. The van der Waals surface area contributed by atoms with Crippen molar-refractivity contribution in [3.05, 3.63) is 59.8 Å². The summed E-state index contributed by atoms with van der Waals surface area (Å²) in [6.45, 7) is 3.10. The van der Waals surface area contributed by atoms with Crippen LogP contribution < -0.4 is 0 Å². The molecule has 4 aromatic rings. The molecular formula is C24H28N8. The number of H-pyrrole nitrogens is 1. The summed E-state index contributed by atoms with van der Waals surface area (Å²) >= 11 is 0. The van der Waals surface area contributed by atoms with Crippen LogP contribution in [0.3, 0.4) is 0 Å². The molecule has 0 radical (unpaired) electrons. The Bertz CT molecular complexity index is 1140. The highest BCUT2D eigenvalue weighted by Crippen LogP contribution is 2.31. The van der Waals surface area contributed by atoms with Gasteiger partial charge in [0.25, 0.3) is 0 Å². The van der Waals surface area contributed by atoms with Gasteiger partial charge in [0.2, 0.25) is 5.82 Å². The first-order valence-electron chi connectivity index (χ1n) is 11.5. The third-order valence-corrected chi connectivity index (χ3v) is 6.16. The first kappa shape index (κ1) is 20.5. The first-order chi connectivity index (χ1) is 15.8. The van der Waals surface area contributed by atoms with Gasteiger partial charge in [0, 0.05) is 30.6 Å². The Balaban J connectivity index is 1.38. The van der Waals surface area contributed by atoms with Crippen LogP contribution >= 0.6 is 0 Å². The minimum absolute atomic E-state index is 0.493. The molecule has 1 aromatic carbocycles. The van der Waals surface area contributed by atoms with Crippen LogP contribution in [-0.4, -0.2) is 40.4 Å². The van der Waals surface area contributed by atoms with E-state index in [1.54, 1.807) is 6.20 Å². The zero-order valence-electron chi connectivity index (χ0n) is 18.4. The molecule has 1 aliphatic rings. The number of nitrogens with one attached hydrogen (secondary N) is 1. The van der Waals surface area contributed by atoms with Gasteiger partial charge in [-0.05, 0) is 41.7 Å². The van der Waals surface area contributed by atoms with Gasteiger partial charge in [0.15, 0.2) is 5.82 Å². The van der Waals surface area contributed by atoms with Gasteiger partial charge >= 0.3 is 0 Å². The molecule has 0 amide bonds. The molecule has 0 atom stereocenters. The Morgan fingerprint density at radius 1 is 1.06 bits per heavy atom. The van der Waals surface area contributed by atoms with E-state index in [1.165, 1.54) is 37.7 Å². The number of rotatable bonds is 7. The normalized spacial score (nSPS) is 14.7. The lowest BCUT2D eigenvalue weighted by Gasteiger charge is -2.18. The SMILES string of the molecule is CCCn1nc(C2CCCCC2)nc1Cc1ccc(-c2cccnc2-c2nn[nH]n2)cc1. The average molecular weight is 429 g/mol. The summed E-state index contributed by atoms with van der Waals surface area (Å²) in [6, 6.07) is 12.5. The van der Waals surface area contributed by atoms with E-state index < -0.39 is 0 Å². The van der Waals surface area contributed by atoms with E-state index in [2.05, 4.69) is 61.5 Å². The molecule has 1 aliphatic carbocycles. The second-order valence-electron chi connectivity index (χ2n) is 8.45. The van der Waals surface area contributed by atoms with Crippen LogP contribution in [0.5, 0.6) is 0 Å². The summed E-state index contributed by atoms with van der Waals surface area (Å²) in [4.78, 5) is 9.45. The quantitative estimate of drug-likeness (QED) is 0.463. The lowest BCUT2D eigenvalue weighted by atomic mass is 9.89. The van der Waals surface area contributed by atoms with Crippen LogP contribution in [0.15, 0.2) is 42.6 Å². The molecule has 32 heavy (non-hydrogen) atoms. The molecule has 5 rings (SSSR count). The van der Waals surface area contributed by atoms with Crippen LogP contribution in [0.2, 0.25) is 0 Å². The van der Waals surface area contributed by atoms with E-state index >= 15 is 0 Å². The van der Waals surface area contributed by atoms with Crippen molar-refractivity contribution in [2.45, 2.75) is 64.3 Å². The maximum atomic E-state index is 4.99. The Morgan fingerprint density at radius 2 is 1.91 bits per heavy atom. The monoisotopic (exact) mass is 428 g/mol. The van der Waals surface area contributed by atoms with Crippen molar-refractivity contribution < 1.29 is 0 Å². The molecule has 0 unspecified atom stereocenters. The fraction of sp³-hybridized carbons (Fsp3) is 0.417. The number of aryl methyl sites for hydroxylation is 1. The predicted octanol–water partition coefficient (Wildman–Crippen LogP) is 4.57. The standard InChI is InChI=1S/C24H28N8/c1-2-15-32-21(26-23(29-32)19-7-4-3-5-8-19)16-17-10-12-18(13-11-17)20-9-6-14-25-22(20)24-27-30-31-28-24/h6,9-14,19H,2-5,7-8,15-16H2,1H3,(H,27,28,30,31). The number of aromatic amines is 1. The summed E-state index contributed by atoms with van der Waals surface area (Å²) in [5.74, 6) is 3.13. The summed E-state index contributed by atoms with van der Waals surface area (Å²) in [7, 11) is 0. The van der Waals surface area contributed by atoms with Crippen molar-refractivity contribution >= 4 is 0 Å². The smallest absolute Gasteiger partial charge is 0.223 e. The second kappa shape index (κ2) is 9.38. The van der Waals surface area contributed by atoms with Crippen LogP contribution in [0.4, 0.5) is 0 Å². The first-order valence-corrected chi connectivity index (χ1v) is 11.5. The molecular weight excluding hydrogens is 400 g/mol. The maximum absolute atomic E-state index is 4.99. The molecule has 1 N–H and O–H groups in total. The maximum Gasteiger partial charge on any atom is 0.223 e. The number of pyridine rings is 1. The zero-order valence-corrected chi connectivity index (χ0v) is 18.4. The molecule has 0 spiro atoms. The lowest BCUT2D eigenvalue weighted by Crippen LogP contribution is -2.08. The van der Waals surface area contributed by atoms with E-state index in [4.69, 9.17) is 10.1 Å². The molecule has 3 heterocycles. The van der Waals surface area contributed by atoms with Gasteiger partial charge in [-0.15, -0.1) is 10.2 Å². The van der Waals surface area contributed by atoms with Crippen molar-refractivity contribution in [3.8, 4) is 22.6 Å². The number of hydrogen-bond donors (Lipinski definition) is 1. The fourth-order valence-electron chi connectivity index (χ4n) is 4.51. The third kappa shape index (κ3) is 4.30. The molecule has 164 valence electrons. The largest absolute Gasteiger partial charge is 0.252 e. The van der Waals surface area contributed by atoms with Gasteiger partial charge in [-0.1, -0.05) is 56.5 Å². The van der Waals surface area contributed by atoms with Gasteiger partial charge in [-0.3, -0.25) is 4.98 Å². The van der Waals surface area contributed by atoms with E-state index in [-0.39, 0.29) is 0 Å². The molecule has 0 bridgehead atoms. The summed E-state index contributed by atoms with van der Waals surface area (Å²) in [6.07, 6.45) is 9.96. The Morgan fingerprint density at radius 3 is 2.66 bits per heavy atom. The molecule has 8 nitrogen and oxygen atoms in total. The van der Waals surface area contributed by atoms with E-state index in [9.17, 15) is 0 Å². The minimum atomic E-state index is 0.493. The molecule has 8 heteroatoms. The van der Waals surface area contributed by atoms with Gasteiger partial charge < -0.3 is 0 Å². The second-order valence-corrected chi connectivity index (χ2v) is 8.45. The number of benzene rings is 1.